The number of aromatic nitrogens is 1. The minimum Gasteiger partial charge on any atom is -0.384 e. The highest BCUT2D eigenvalue weighted by Crippen LogP contribution is 2.26. The fraction of sp³-hybridized carbons (Fsp3) is 0.143. The van der Waals surface area contributed by atoms with Crippen LogP contribution in [0.3, 0.4) is 0 Å². The molecule has 0 aliphatic rings. The van der Waals surface area contributed by atoms with Crippen molar-refractivity contribution >= 4 is 44.8 Å². The first-order valence-corrected chi connectivity index (χ1v) is 7.23. The van der Waals surface area contributed by atoms with Gasteiger partial charge < -0.3 is 10.6 Å². The molecule has 0 saturated carbocycles. The summed E-state index contributed by atoms with van der Waals surface area (Å²) in [5.41, 5.74) is 1.76. The number of rotatable bonds is 4. The van der Waals surface area contributed by atoms with E-state index in [2.05, 4.69) is 31.5 Å². The molecule has 20 heavy (non-hydrogen) atoms. The first kappa shape index (κ1) is 14.8. The molecule has 1 aromatic carbocycles. The Labute approximate surface area is 130 Å². The summed E-state index contributed by atoms with van der Waals surface area (Å²) in [6.07, 6.45) is 1.63. The summed E-state index contributed by atoms with van der Waals surface area (Å²) in [6.45, 7) is 2.80. The van der Waals surface area contributed by atoms with E-state index in [9.17, 15) is 4.79 Å². The third kappa shape index (κ3) is 3.71. The summed E-state index contributed by atoms with van der Waals surface area (Å²) < 4.78 is 0.840. The van der Waals surface area contributed by atoms with Gasteiger partial charge in [-0.05, 0) is 37.3 Å². The Balaban J connectivity index is 2.13. The molecule has 2 aromatic rings. The fourth-order valence-electron chi connectivity index (χ4n) is 1.62. The van der Waals surface area contributed by atoms with Crippen LogP contribution in [0.4, 0.5) is 11.4 Å². The van der Waals surface area contributed by atoms with Crippen molar-refractivity contribution < 1.29 is 4.79 Å². The maximum absolute atomic E-state index is 12.1. The maximum Gasteiger partial charge on any atom is 0.274 e. The van der Waals surface area contributed by atoms with Gasteiger partial charge in [-0.1, -0.05) is 27.5 Å². The van der Waals surface area contributed by atoms with Gasteiger partial charge in [0.25, 0.3) is 5.91 Å². The van der Waals surface area contributed by atoms with Crippen LogP contribution in [0.5, 0.6) is 0 Å². The van der Waals surface area contributed by atoms with Crippen molar-refractivity contribution in [2.24, 2.45) is 0 Å². The van der Waals surface area contributed by atoms with Gasteiger partial charge in [0.15, 0.2) is 0 Å². The fourth-order valence-corrected chi connectivity index (χ4v) is 2.14. The van der Waals surface area contributed by atoms with Gasteiger partial charge in [0.2, 0.25) is 0 Å². The average molecular weight is 355 g/mol. The lowest BCUT2D eigenvalue weighted by atomic mass is 10.3. The highest BCUT2D eigenvalue weighted by molar-refractivity contribution is 9.10. The van der Waals surface area contributed by atoms with Crippen LogP contribution in [0.15, 0.2) is 41.0 Å². The van der Waals surface area contributed by atoms with Crippen molar-refractivity contribution in [3.05, 3.63) is 51.7 Å². The molecule has 6 heteroatoms. The smallest absolute Gasteiger partial charge is 0.274 e. The van der Waals surface area contributed by atoms with Crippen LogP contribution in [0.25, 0.3) is 0 Å². The molecule has 2 rings (SSSR count). The van der Waals surface area contributed by atoms with Crippen LogP contribution in [-0.4, -0.2) is 17.4 Å². The number of nitrogens with one attached hydrogen (secondary N) is 2. The van der Waals surface area contributed by atoms with Gasteiger partial charge in [0, 0.05) is 11.0 Å². The van der Waals surface area contributed by atoms with E-state index in [1.165, 1.54) is 0 Å². The molecule has 1 heterocycles. The molecule has 4 nitrogen and oxygen atoms in total. The first-order valence-electron chi connectivity index (χ1n) is 6.06. The van der Waals surface area contributed by atoms with E-state index in [1.807, 2.05) is 13.0 Å². The molecule has 104 valence electrons. The van der Waals surface area contributed by atoms with Crippen molar-refractivity contribution in [3.63, 3.8) is 0 Å². The number of halogens is 2. The van der Waals surface area contributed by atoms with Gasteiger partial charge in [-0.25, -0.2) is 4.98 Å². The van der Waals surface area contributed by atoms with Crippen LogP contribution < -0.4 is 10.6 Å². The topological polar surface area (TPSA) is 54.0 Å². The SMILES string of the molecule is CCNc1ccc(C(=O)Nc2cc(Br)ccc2Cl)nc1. The molecule has 0 bridgehead atoms. The molecule has 0 atom stereocenters. The molecular weight excluding hydrogens is 342 g/mol. The minimum atomic E-state index is -0.298. The van der Waals surface area contributed by atoms with E-state index in [1.54, 1.807) is 30.5 Å². The van der Waals surface area contributed by atoms with Crippen molar-refractivity contribution in [3.8, 4) is 0 Å². The molecule has 0 radical (unpaired) electrons. The lowest BCUT2D eigenvalue weighted by molar-refractivity contribution is 0.102. The predicted octanol–water partition coefficient (Wildman–Crippen LogP) is 4.18. The van der Waals surface area contributed by atoms with Crippen molar-refractivity contribution in [2.75, 3.05) is 17.2 Å². The second-order valence-electron chi connectivity index (χ2n) is 4.04. The van der Waals surface area contributed by atoms with Gasteiger partial charge in [0.05, 0.1) is 22.6 Å². The summed E-state index contributed by atoms with van der Waals surface area (Å²) >= 11 is 9.36. The number of pyridine rings is 1. The van der Waals surface area contributed by atoms with Crippen LogP contribution >= 0.6 is 27.5 Å². The van der Waals surface area contributed by atoms with Crippen LogP contribution in [0.2, 0.25) is 5.02 Å². The summed E-state index contributed by atoms with van der Waals surface area (Å²) in [4.78, 5) is 16.2. The number of amides is 1. The molecule has 0 spiro atoms. The van der Waals surface area contributed by atoms with Gasteiger partial charge >= 0.3 is 0 Å². The van der Waals surface area contributed by atoms with Gasteiger partial charge in [-0.2, -0.15) is 0 Å². The van der Waals surface area contributed by atoms with Gasteiger partial charge in [-0.3, -0.25) is 4.79 Å². The second kappa shape index (κ2) is 6.72. The number of hydrogen-bond acceptors (Lipinski definition) is 3. The van der Waals surface area contributed by atoms with Crippen LogP contribution in [-0.2, 0) is 0 Å². The average Bonchev–Trinajstić information content (AvgIpc) is 2.44. The number of benzene rings is 1. The summed E-state index contributed by atoms with van der Waals surface area (Å²) in [5, 5.41) is 6.33. The zero-order chi connectivity index (χ0) is 14.5. The number of carbonyl (C=O) groups excluding carboxylic acids is 1. The molecule has 0 fully saturated rings. The Hall–Kier alpha value is -1.59. The molecule has 0 aliphatic carbocycles. The van der Waals surface area contributed by atoms with Crippen LogP contribution in [0.1, 0.15) is 17.4 Å². The molecule has 0 aliphatic heterocycles. The Morgan fingerprint density at radius 3 is 2.80 bits per heavy atom. The summed E-state index contributed by atoms with van der Waals surface area (Å²) in [7, 11) is 0. The number of hydrogen-bond donors (Lipinski definition) is 2. The Morgan fingerprint density at radius 2 is 2.15 bits per heavy atom. The van der Waals surface area contributed by atoms with E-state index >= 15 is 0 Å². The highest BCUT2D eigenvalue weighted by Gasteiger charge is 2.10. The lowest BCUT2D eigenvalue weighted by Crippen LogP contribution is -2.14. The quantitative estimate of drug-likeness (QED) is 0.866. The van der Waals surface area contributed by atoms with Crippen molar-refractivity contribution in [1.82, 2.24) is 4.98 Å². The molecule has 1 aromatic heterocycles. The second-order valence-corrected chi connectivity index (χ2v) is 5.36. The maximum atomic E-state index is 12.1. The zero-order valence-electron chi connectivity index (χ0n) is 10.8. The van der Waals surface area contributed by atoms with Gasteiger partial charge in [0.1, 0.15) is 5.69 Å². The number of carbonyl (C=O) groups is 1. The number of nitrogens with zero attached hydrogens (tertiary/aromatic N) is 1. The Morgan fingerprint density at radius 1 is 1.35 bits per heavy atom. The zero-order valence-corrected chi connectivity index (χ0v) is 13.1. The van der Waals surface area contributed by atoms with E-state index in [4.69, 9.17) is 11.6 Å². The van der Waals surface area contributed by atoms with E-state index in [0.29, 0.717) is 16.4 Å². The third-order valence-electron chi connectivity index (χ3n) is 2.55. The van der Waals surface area contributed by atoms with E-state index in [0.717, 1.165) is 16.7 Å². The first-order chi connectivity index (χ1) is 9.60. The molecule has 0 unspecified atom stereocenters. The van der Waals surface area contributed by atoms with Gasteiger partial charge in [-0.15, -0.1) is 0 Å². The van der Waals surface area contributed by atoms with E-state index in [-0.39, 0.29) is 5.91 Å². The number of anilines is 2. The summed E-state index contributed by atoms with van der Waals surface area (Å²) in [5.74, 6) is -0.298. The van der Waals surface area contributed by atoms with Crippen molar-refractivity contribution in [1.29, 1.82) is 0 Å². The standard InChI is InChI=1S/C14H13BrClN3O/c1-2-17-10-4-6-12(18-8-10)14(20)19-13-7-9(15)3-5-11(13)16/h3-8,17H,2H2,1H3,(H,19,20). The Kier molecular flexibility index (Phi) is 4.98. The van der Waals surface area contributed by atoms with Crippen LogP contribution in [0, 0.1) is 0 Å². The third-order valence-corrected chi connectivity index (χ3v) is 3.38. The molecule has 1 amide bonds. The molecule has 2 N–H and O–H groups in total. The minimum absolute atomic E-state index is 0.298. The van der Waals surface area contributed by atoms with Crippen molar-refractivity contribution in [2.45, 2.75) is 6.92 Å². The largest absolute Gasteiger partial charge is 0.384 e. The predicted molar refractivity (Wildman–Crippen MR) is 85.5 cm³/mol. The molecule has 0 saturated heterocycles. The Bertz CT molecular complexity index is 616. The van der Waals surface area contributed by atoms with E-state index < -0.39 is 0 Å². The highest BCUT2D eigenvalue weighted by atomic mass is 79.9. The monoisotopic (exact) mass is 353 g/mol. The summed E-state index contributed by atoms with van der Waals surface area (Å²) in [6, 6.07) is 8.74. The lowest BCUT2D eigenvalue weighted by Gasteiger charge is -2.08. The molecular formula is C14H13BrClN3O. The normalized spacial score (nSPS) is 10.2.